The molecular formula is C14H25NOS. The van der Waals surface area contributed by atoms with Crippen LogP contribution >= 0.6 is 12.6 Å². The molecular weight excluding hydrogens is 230 g/mol. The first kappa shape index (κ1) is 13.3. The molecule has 1 amide bonds. The molecule has 0 aromatic carbocycles. The largest absolute Gasteiger partial charge is 0.342 e. The van der Waals surface area contributed by atoms with Crippen LogP contribution in [0.2, 0.25) is 0 Å². The standard InChI is InChI=1S/C14H25NOS/c1-3-13(4-2)7-8-15(10-13)12(16)9-14(11-17)5-6-14/h17H,3-11H2,1-2H3. The Morgan fingerprint density at radius 2 is 1.82 bits per heavy atom. The molecule has 98 valence electrons. The molecule has 2 rings (SSSR count). The summed E-state index contributed by atoms with van der Waals surface area (Å²) >= 11 is 4.38. The predicted molar refractivity (Wildman–Crippen MR) is 74.3 cm³/mol. The van der Waals surface area contributed by atoms with Crippen molar-refractivity contribution in [1.29, 1.82) is 0 Å². The summed E-state index contributed by atoms with van der Waals surface area (Å²) in [6.07, 6.45) is 6.72. The highest BCUT2D eigenvalue weighted by atomic mass is 32.1. The Bertz CT molecular complexity index is 295. The molecule has 0 unspecified atom stereocenters. The zero-order chi connectivity index (χ0) is 12.5. The molecule has 0 N–H and O–H groups in total. The second-order valence-corrected chi connectivity index (χ2v) is 6.42. The third-order valence-electron chi connectivity index (χ3n) is 5.11. The Morgan fingerprint density at radius 1 is 1.18 bits per heavy atom. The van der Waals surface area contributed by atoms with Gasteiger partial charge in [0.25, 0.3) is 0 Å². The Kier molecular flexibility index (Phi) is 3.77. The number of hydrogen-bond donors (Lipinski definition) is 1. The Hall–Kier alpha value is -0.180. The molecule has 2 fully saturated rings. The van der Waals surface area contributed by atoms with Crippen LogP contribution in [0.4, 0.5) is 0 Å². The number of thiol groups is 1. The van der Waals surface area contributed by atoms with Crippen LogP contribution in [-0.4, -0.2) is 29.6 Å². The molecule has 0 aromatic heterocycles. The van der Waals surface area contributed by atoms with Crippen LogP contribution in [-0.2, 0) is 4.79 Å². The van der Waals surface area contributed by atoms with E-state index in [0.29, 0.717) is 11.3 Å². The molecule has 1 aliphatic carbocycles. The maximum atomic E-state index is 12.3. The van der Waals surface area contributed by atoms with Crippen molar-refractivity contribution in [1.82, 2.24) is 4.90 Å². The van der Waals surface area contributed by atoms with E-state index in [0.717, 1.165) is 25.3 Å². The van der Waals surface area contributed by atoms with E-state index in [1.807, 2.05) is 0 Å². The minimum absolute atomic E-state index is 0.268. The van der Waals surface area contributed by atoms with Gasteiger partial charge in [-0.15, -0.1) is 0 Å². The Morgan fingerprint density at radius 3 is 2.24 bits per heavy atom. The van der Waals surface area contributed by atoms with Gasteiger partial charge in [-0.1, -0.05) is 13.8 Å². The number of likely N-dealkylation sites (tertiary alicyclic amines) is 1. The van der Waals surface area contributed by atoms with Crippen LogP contribution in [0.5, 0.6) is 0 Å². The van der Waals surface area contributed by atoms with Crippen molar-refractivity contribution in [2.45, 2.75) is 52.4 Å². The number of amides is 1. The number of nitrogens with zero attached hydrogens (tertiary/aromatic N) is 1. The van der Waals surface area contributed by atoms with Gasteiger partial charge in [0, 0.05) is 19.5 Å². The van der Waals surface area contributed by atoms with Gasteiger partial charge >= 0.3 is 0 Å². The van der Waals surface area contributed by atoms with E-state index in [1.165, 1.54) is 32.1 Å². The summed E-state index contributed by atoms with van der Waals surface area (Å²) in [5.41, 5.74) is 0.678. The van der Waals surface area contributed by atoms with Gasteiger partial charge in [0.1, 0.15) is 0 Å². The summed E-state index contributed by atoms with van der Waals surface area (Å²) < 4.78 is 0. The minimum atomic E-state index is 0.268. The number of carbonyl (C=O) groups excluding carboxylic acids is 1. The fourth-order valence-corrected chi connectivity index (χ4v) is 3.40. The van der Waals surface area contributed by atoms with E-state index in [1.54, 1.807) is 0 Å². The van der Waals surface area contributed by atoms with Crippen molar-refractivity contribution in [3.63, 3.8) is 0 Å². The first-order chi connectivity index (χ1) is 8.09. The summed E-state index contributed by atoms with van der Waals surface area (Å²) in [6.45, 7) is 6.48. The monoisotopic (exact) mass is 255 g/mol. The average Bonchev–Trinajstić information content (AvgIpc) is 2.99. The van der Waals surface area contributed by atoms with Gasteiger partial charge in [-0.3, -0.25) is 4.79 Å². The molecule has 2 aliphatic rings. The van der Waals surface area contributed by atoms with Crippen molar-refractivity contribution < 1.29 is 4.79 Å². The van der Waals surface area contributed by atoms with Crippen molar-refractivity contribution in [2.24, 2.45) is 10.8 Å². The molecule has 1 saturated heterocycles. The van der Waals surface area contributed by atoms with Crippen molar-refractivity contribution >= 4 is 18.5 Å². The van der Waals surface area contributed by atoms with Gasteiger partial charge in [0.2, 0.25) is 5.91 Å². The highest BCUT2D eigenvalue weighted by Gasteiger charge is 2.45. The highest BCUT2D eigenvalue weighted by molar-refractivity contribution is 7.80. The molecule has 0 bridgehead atoms. The molecule has 0 radical (unpaired) electrons. The Labute approximate surface area is 111 Å². The average molecular weight is 255 g/mol. The lowest BCUT2D eigenvalue weighted by Gasteiger charge is -2.27. The summed E-state index contributed by atoms with van der Waals surface area (Å²) in [5, 5.41) is 0. The number of carbonyl (C=O) groups is 1. The maximum Gasteiger partial charge on any atom is 0.223 e. The highest BCUT2D eigenvalue weighted by Crippen LogP contribution is 2.50. The Balaban J connectivity index is 1.90. The van der Waals surface area contributed by atoms with Crippen LogP contribution in [0.15, 0.2) is 0 Å². The molecule has 1 saturated carbocycles. The van der Waals surface area contributed by atoms with Gasteiger partial charge in [0.05, 0.1) is 0 Å². The molecule has 3 heteroatoms. The van der Waals surface area contributed by atoms with E-state index in [4.69, 9.17) is 0 Å². The smallest absolute Gasteiger partial charge is 0.223 e. The van der Waals surface area contributed by atoms with Gasteiger partial charge in [-0.2, -0.15) is 12.6 Å². The van der Waals surface area contributed by atoms with Crippen LogP contribution < -0.4 is 0 Å². The topological polar surface area (TPSA) is 20.3 Å². The van der Waals surface area contributed by atoms with Crippen LogP contribution in [0, 0.1) is 10.8 Å². The van der Waals surface area contributed by atoms with E-state index < -0.39 is 0 Å². The molecule has 2 nitrogen and oxygen atoms in total. The fraction of sp³-hybridized carbons (Fsp3) is 0.929. The summed E-state index contributed by atoms with van der Waals surface area (Å²) in [4.78, 5) is 14.4. The summed E-state index contributed by atoms with van der Waals surface area (Å²) in [5.74, 6) is 1.25. The fourth-order valence-electron chi connectivity index (χ4n) is 2.98. The van der Waals surface area contributed by atoms with Gasteiger partial charge in [-0.25, -0.2) is 0 Å². The first-order valence-corrected chi connectivity index (χ1v) is 7.61. The number of rotatable bonds is 5. The van der Waals surface area contributed by atoms with Crippen LogP contribution in [0.1, 0.15) is 52.4 Å². The first-order valence-electron chi connectivity index (χ1n) is 6.97. The normalized spacial score (nSPS) is 25.0. The lowest BCUT2D eigenvalue weighted by molar-refractivity contribution is -0.131. The van der Waals surface area contributed by atoms with E-state index in [9.17, 15) is 4.79 Å². The van der Waals surface area contributed by atoms with Crippen LogP contribution in [0.25, 0.3) is 0 Å². The third-order valence-corrected chi connectivity index (χ3v) is 5.78. The molecule has 17 heavy (non-hydrogen) atoms. The predicted octanol–water partition coefficient (Wildman–Crippen LogP) is 3.13. The SMILES string of the molecule is CCC1(CC)CCN(C(=O)CC2(CS)CC2)C1. The van der Waals surface area contributed by atoms with Crippen LogP contribution in [0.3, 0.4) is 0 Å². The minimum Gasteiger partial charge on any atom is -0.342 e. The summed E-state index contributed by atoms with van der Waals surface area (Å²) in [6, 6.07) is 0. The lowest BCUT2D eigenvalue weighted by atomic mass is 9.82. The molecule has 1 aliphatic heterocycles. The molecule has 0 aromatic rings. The van der Waals surface area contributed by atoms with Crippen molar-refractivity contribution in [3.05, 3.63) is 0 Å². The van der Waals surface area contributed by atoms with E-state index >= 15 is 0 Å². The van der Waals surface area contributed by atoms with E-state index in [2.05, 4.69) is 31.4 Å². The van der Waals surface area contributed by atoms with E-state index in [-0.39, 0.29) is 5.41 Å². The zero-order valence-corrected chi connectivity index (χ0v) is 12.1. The second-order valence-electron chi connectivity index (χ2n) is 6.11. The van der Waals surface area contributed by atoms with Crippen molar-refractivity contribution in [2.75, 3.05) is 18.8 Å². The number of hydrogen-bond acceptors (Lipinski definition) is 2. The van der Waals surface area contributed by atoms with Gasteiger partial charge in [0.15, 0.2) is 0 Å². The quantitative estimate of drug-likeness (QED) is 0.748. The van der Waals surface area contributed by atoms with Gasteiger partial charge in [-0.05, 0) is 48.7 Å². The van der Waals surface area contributed by atoms with Gasteiger partial charge < -0.3 is 4.90 Å². The molecule has 0 spiro atoms. The molecule has 1 heterocycles. The lowest BCUT2D eigenvalue weighted by Crippen LogP contribution is -2.33. The third kappa shape index (κ3) is 2.64. The summed E-state index contributed by atoms with van der Waals surface area (Å²) in [7, 11) is 0. The van der Waals surface area contributed by atoms with Crippen molar-refractivity contribution in [3.8, 4) is 0 Å². The molecule has 0 atom stereocenters. The maximum absolute atomic E-state index is 12.3. The zero-order valence-electron chi connectivity index (χ0n) is 11.2. The second kappa shape index (κ2) is 4.83.